The van der Waals surface area contributed by atoms with Crippen LogP contribution in [0.2, 0.25) is 0 Å². The predicted molar refractivity (Wildman–Crippen MR) is 164 cm³/mol. The van der Waals surface area contributed by atoms with Crippen molar-refractivity contribution >= 4 is 27.8 Å². The van der Waals surface area contributed by atoms with E-state index in [0.29, 0.717) is 5.69 Å². The summed E-state index contributed by atoms with van der Waals surface area (Å²) in [5.74, 6) is 0. The number of hydrogen-bond donors (Lipinski definition) is 0. The standard InChI is InChI=1S/C37H31N/c1-26-22-27(2)37(28(3)23-26)38(35-12-8-5-9-13-35)36-20-18-30(19-21-36)33-17-15-31-14-16-32(24-34(31)25-33)29-10-6-4-7-11-29/h4-25H,1-3H3/i5D,8D,9D,12D,13D. The van der Waals surface area contributed by atoms with Crippen LogP contribution in [0.3, 0.4) is 0 Å². The third-order valence-electron chi connectivity index (χ3n) is 6.98. The van der Waals surface area contributed by atoms with E-state index in [1.165, 1.54) is 11.1 Å². The molecule has 1 heteroatoms. The van der Waals surface area contributed by atoms with Gasteiger partial charge in [0.15, 0.2) is 0 Å². The van der Waals surface area contributed by atoms with Gasteiger partial charge in [0, 0.05) is 11.4 Å². The Balaban J connectivity index is 1.47. The van der Waals surface area contributed by atoms with E-state index in [9.17, 15) is 0 Å². The van der Waals surface area contributed by atoms with Gasteiger partial charge in [0.05, 0.1) is 12.5 Å². The highest BCUT2D eigenvalue weighted by Gasteiger charge is 2.17. The molecule has 0 spiro atoms. The molecule has 0 radical (unpaired) electrons. The van der Waals surface area contributed by atoms with Gasteiger partial charge in [0.2, 0.25) is 0 Å². The summed E-state index contributed by atoms with van der Waals surface area (Å²) in [6.45, 7) is 6.01. The Morgan fingerprint density at radius 3 is 1.66 bits per heavy atom. The maximum atomic E-state index is 8.77. The van der Waals surface area contributed by atoms with E-state index in [4.69, 9.17) is 6.85 Å². The fourth-order valence-electron chi connectivity index (χ4n) is 5.29. The molecule has 0 aromatic heterocycles. The molecule has 6 aromatic carbocycles. The second-order valence-corrected chi connectivity index (χ2v) is 9.75. The normalized spacial score (nSPS) is 12.9. The summed E-state index contributed by atoms with van der Waals surface area (Å²) >= 11 is 0. The van der Waals surface area contributed by atoms with Crippen molar-refractivity contribution in [3.63, 3.8) is 0 Å². The zero-order valence-electron chi connectivity index (χ0n) is 26.8. The van der Waals surface area contributed by atoms with Crippen molar-refractivity contribution in [2.45, 2.75) is 20.8 Å². The average Bonchev–Trinajstić information content (AvgIpc) is 3.01. The lowest BCUT2D eigenvalue weighted by atomic mass is 9.97. The summed E-state index contributed by atoms with van der Waals surface area (Å²) in [6, 6.07) is 33.8. The lowest BCUT2D eigenvalue weighted by molar-refractivity contribution is 1.20. The Hall–Kier alpha value is -4.62. The number of anilines is 3. The molecule has 0 heterocycles. The van der Waals surface area contributed by atoms with Crippen LogP contribution < -0.4 is 4.90 Å². The smallest absolute Gasteiger partial charge is 0.0645 e. The molecule has 184 valence electrons. The highest BCUT2D eigenvalue weighted by Crippen LogP contribution is 2.40. The predicted octanol–water partition coefficient (Wildman–Crippen LogP) is 10.6. The Bertz CT molecular complexity index is 1950. The van der Waals surface area contributed by atoms with Crippen LogP contribution in [0.25, 0.3) is 33.0 Å². The van der Waals surface area contributed by atoms with Crippen molar-refractivity contribution in [2.75, 3.05) is 4.90 Å². The Kier molecular flexibility index (Phi) is 4.91. The fraction of sp³-hybridized carbons (Fsp3) is 0.0811. The van der Waals surface area contributed by atoms with Crippen molar-refractivity contribution < 1.29 is 6.85 Å². The average molecular weight is 495 g/mol. The highest BCUT2D eigenvalue weighted by molar-refractivity contribution is 5.91. The minimum Gasteiger partial charge on any atom is -0.310 e. The van der Waals surface area contributed by atoms with E-state index >= 15 is 0 Å². The molecule has 0 aliphatic rings. The van der Waals surface area contributed by atoms with Gasteiger partial charge in [-0.05, 0) is 101 Å². The molecule has 0 saturated heterocycles. The summed E-state index contributed by atoms with van der Waals surface area (Å²) in [4.78, 5) is 1.81. The van der Waals surface area contributed by atoms with Gasteiger partial charge in [-0.15, -0.1) is 0 Å². The van der Waals surface area contributed by atoms with Crippen LogP contribution >= 0.6 is 0 Å². The summed E-state index contributed by atoms with van der Waals surface area (Å²) in [6.07, 6.45) is 0. The van der Waals surface area contributed by atoms with Gasteiger partial charge in [0.1, 0.15) is 0 Å². The minimum absolute atomic E-state index is 0.132. The Labute approximate surface area is 232 Å². The van der Waals surface area contributed by atoms with Crippen molar-refractivity contribution in [3.05, 3.63) is 150 Å². The molecular weight excluding hydrogens is 458 g/mol. The third-order valence-corrected chi connectivity index (χ3v) is 6.98. The fourth-order valence-corrected chi connectivity index (χ4v) is 5.29. The van der Waals surface area contributed by atoms with E-state index in [-0.39, 0.29) is 29.9 Å². The summed E-state index contributed by atoms with van der Waals surface area (Å²) < 4.78 is 42.3. The number of rotatable bonds is 5. The first-order valence-electron chi connectivity index (χ1n) is 15.3. The van der Waals surface area contributed by atoms with Gasteiger partial charge in [-0.3, -0.25) is 0 Å². The summed E-state index contributed by atoms with van der Waals surface area (Å²) in [7, 11) is 0. The molecule has 0 aliphatic carbocycles. The molecule has 0 unspecified atom stereocenters. The lowest BCUT2D eigenvalue weighted by Gasteiger charge is -2.29. The van der Waals surface area contributed by atoms with E-state index in [1.807, 2.05) is 63.2 Å². The zero-order chi connectivity index (χ0) is 30.4. The summed E-state index contributed by atoms with van der Waals surface area (Å²) in [5, 5.41) is 2.31. The van der Waals surface area contributed by atoms with Gasteiger partial charge in [-0.25, -0.2) is 0 Å². The van der Waals surface area contributed by atoms with Crippen LogP contribution in [0.15, 0.2) is 133 Å². The number of nitrogens with zero attached hydrogens (tertiary/aromatic N) is 1. The SMILES string of the molecule is [2H]c1c([2H])c([2H])c(N(c2ccc(-c3ccc4ccc(-c5ccccc5)cc4c3)cc2)c2c(C)cc(C)cc2C)c([2H])c1[2H]. The quantitative estimate of drug-likeness (QED) is 0.230. The van der Waals surface area contributed by atoms with Crippen LogP contribution in [0.4, 0.5) is 17.1 Å². The van der Waals surface area contributed by atoms with Crippen LogP contribution in [0.1, 0.15) is 23.5 Å². The first kappa shape index (κ1) is 18.6. The van der Waals surface area contributed by atoms with Gasteiger partial charge < -0.3 is 4.90 Å². The number of hydrogen-bond acceptors (Lipinski definition) is 1. The monoisotopic (exact) mass is 494 g/mol. The molecule has 1 nitrogen and oxygen atoms in total. The second kappa shape index (κ2) is 10.0. The molecule has 38 heavy (non-hydrogen) atoms. The Morgan fingerprint density at radius 2 is 1.05 bits per heavy atom. The molecule has 6 rings (SSSR count). The highest BCUT2D eigenvalue weighted by atomic mass is 15.1. The zero-order valence-corrected chi connectivity index (χ0v) is 21.8. The maximum absolute atomic E-state index is 8.77. The van der Waals surface area contributed by atoms with Crippen molar-refractivity contribution in [2.24, 2.45) is 0 Å². The van der Waals surface area contributed by atoms with E-state index in [2.05, 4.69) is 60.7 Å². The van der Waals surface area contributed by atoms with Crippen LogP contribution in [-0.2, 0) is 0 Å². The summed E-state index contributed by atoms with van der Waals surface area (Å²) in [5.41, 5.74) is 9.09. The number of para-hydroxylation sites is 1. The first-order valence-corrected chi connectivity index (χ1v) is 12.8. The molecule has 0 atom stereocenters. The van der Waals surface area contributed by atoms with Crippen LogP contribution in [0.5, 0.6) is 0 Å². The topological polar surface area (TPSA) is 3.24 Å². The third kappa shape index (κ3) is 4.60. The molecule has 6 aromatic rings. The van der Waals surface area contributed by atoms with Gasteiger partial charge in [-0.2, -0.15) is 0 Å². The largest absolute Gasteiger partial charge is 0.310 e. The molecule has 0 saturated carbocycles. The van der Waals surface area contributed by atoms with Gasteiger partial charge in [-0.1, -0.05) is 103 Å². The minimum atomic E-state index is -0.405. The van der Waals surface area contributed by atoms with Crippen molar-refractivity contribution in [1.29, 1.82) is 0 Å². The maximum Gasteiger partial charge on any atom is 0.0645 e. The van der Waals surface area contributed by atoms with Crippen molar-refractivity contribution in [1.82, 2.24) is 0 Å². The molecule has 0 fully saturated rings. The van der Waals surface area contributed by atoms with E-state index in [0.717, 1.165) is 44.3 Å². The van der Waals surface area contributed by atoms with Gasteiger partial charge >= 0.3 is 0 Å². The van der Waals surface area contributed by atoms with E-state index < -0.39 is 6.04 Å². The van der Waals surface area contributed by atoms with Crippen molar-refractivity contribution in [3.8, 4) is 22.3 Å². The van der Waals surface area contributed by atoms with E-state index in [1.54, 1.807) is 4.90 Å². The molecule has 0 amide bonds. The molecule has 0 aliphatic heterocycles. The first-order chi connectivity index (χ1) is 20.6. The number of fused-ring (bicyclic) bond motifs is 1. The van der Waals surface area contributed by atoms with Crippen LogP contribution in [0, 0.1) is 20.8 Å². The number of benzene rings is 6. The molecule has 0 bridgehead atoms. The van der Waals surface area contributed by atoms with Crippen LogP contribution in [-0.4, -0.2) is 0 Å². The molecule has 0 N–H and O–H groups in total. The Morgan fingerprint density at radius 1 is 0.500 bits per heavy atom. The number of aryl methyl sites for hydroxylation is 3. The second-order valence-electron chi connectivity index (χ2n) is 9.75. The molecular formula is C37H31N. The lowest BCUT2D eigenvalue weighted by Crippen LogP contribution is -2.13. The van der Waals surface area contributed by atoms with Gasteiger partial charge in [0.25, 0.3) is 0 Å².